The number of quaternary nitrogens is 1. The Labute approximate surface area is 321 Å². The Morgan fingerprint density at radius 2 is 1.57 bits per heavy atom. The molecule has 56 heavy (non-hydrogen) atoms. The van der Waals surface area contributed by atoms with Crippen LogP contribution in [0.2, 0.25) is 0 Å². The van der Waals surface area contributed by atoms with Crippen LogP contribution in [0.1, 0.15) is 35.3 Å². The summed E-state index contributed by atoms with van der Waals surface area (Å²) >= 11 is 0. The third-order valence-electron chi connectivity index (χ3n) is 8.54. The molecule has 0 unspecified atom stereocenters. The molecule has 6 aromatic rings. The third-order valence-corrected chi connectivity index (χ3v) is 9.39. The molecule has 0 spiro atoms. The van der Waals surface area contributed by atoms with Crippen molar-refractivity contribution in [3.05, 3.63) is 160 Å². The van der Waals surface area contributed by atoms with E-state index in [1.807, 2.05) is 24.3 Å². The van der Waals surface area contributed by atoms with Gasteiger partial charge in [-0.25, -0.2) is 32.1 Å². The van der Waals surface area contributed by atoms with Crippen molar-refractivity contribution in [2.24, 2.45) is 0 Å². The van der Waals surface area contributed by atoms with E-state index < -0.39 is 39.6 Å². The Morgan fingerprint density at radius 1 is 0.929 bits per heavy atom. The highest BCUT2D eigenvalue weighted by molar-refractivity contribution is 7.85. The summed E-state index contributed by atoms with van der Waals surface area (Å²) < 4.78 is 76.0. The van der Waals surface area contributed by atoms with Crippen LogP contribution < -0.4 is 11.0 Å². The van der Waals surface area contributed by atoms with Gasteiger partial charge in [0.25, 0.3) is 0 Å². The molecule has 0 saturated carbocycles. The SMILES string of the molecule is O=S(=O)([O-])c1ccccc1.[C-]#[N+]c1ccc(-n2nccc2-c2c(C)n(-c3cccc(C(F)(F)F)c3)c(=O)n2C(=O)N[C@H](C)c2ccc(C[N+](C)(C)C)cc2)cc1. The van der Waals surface area contributed by atoms with Gasteiger partial charge in [0, 0.05) is 5.56 Å². The van der Waals surface area contributed by atoms with Gasteiger partial charge >= 0.3 is 17.9 Å². The first-order valence-electron chi connectivity index (χ1n) is 17.0. The molecule has 0 radical (unpaired) electrons. The molecule has 1 amide bonds. The molecule has 12 nitrogen and oxygen atoms in total. The van der Waals surface area contributed by atoms with Crippen LogP contribution in [0, 0.1) is 13.5 Å². The number of alkyl halides is 3. The lowest BCUT2D eigenvalue weighted by molar-refractivity contribution is -0.884. The molecule has 0 saturated heterocycles. The smallest absolute Gasteiger partial charge is 0.416 e. The molecule has 2 aromatic heterocycles. The summed E-state index contributed by atoms with van der Waals surface area (Å²) in [5.41, 5.74) is 1.83. The molecule has 290 valence electrons. The van der Waals surface area contributed by atoms with Gasteiger partial charge < -0.3 is 14.4 Å². The second kappa shape index (κ2) is 16.2. The van der Waals surface area contributed by atoms with Crippen LogP contribution in [0.5, 0.6) is 0 Å². The summed E-state index contributed by atoms with van der Waals surface area (Å²) in [5, 5.41) is 7.28. The standard InChI is InChI=1S/C34H32F3N7O2.C6H6O3S/c1-22(25-12-10-24(11-13-25)21-44(4,5)6)40-32(45)42-31(30-18-19-39-43(30)28-16-14-27(38-3)15-17-28)23(2)41(33(42)46)29-9-7-8-26(20-29)34(35,36)37;7-10(8,9)6-4-2-1-3-5-6/h7-20,22H,21H2,1-2,4-6H3;1-5H,(H,7,8,9)/t22-;/m1./s1. The monoisotopic (exact) mass is 785 g/mol. The summed E-state index contributed by atoms with van der Waals surface area (Å²) in [6, 6.07) is 26.3. The zero-order valence-corrected chi connectivity index (χ0v) is 31.8. The van der Waals surface area contributed by atoms with Crippen LogP contribution in [0.15, 0.2) is 125 Å². The number of rotatable bonds is 8. The number of nitrogens with one attached hydrogen (secondary N) is 1. The number of carbonyl (C=O) groups excluding carboxylic acids is 1. The lowest BCUT2D eigenvalue weighted by Gasteiger charge is -2.24. The summed E-state index contributed by atoms with van der Waals surface area (Å²) in [4.78, 5) is 31.2. The number of benzene rings is 4. The van der Waals surface area contributed by atoms with Crippen molar-refractivity contribution in [1.82, 2.24) is 24.2 Å². The highest BCUT2D eigenvalue weighted by atomic mass is 32.2. The Morgan fingerprint density at radius 3 is 2.12 bits per heavy atom. The largest absolute Gasteiger partial charge is 0.744 e. The topological polar surface area (TPSA) is 135 Å². The fraction of sp³-hybridized carbons (Fsp3) is 0.200. The quantitative estimate of drug-likeness (QED) is 0.0966. The normalized spacial score (nSPS) is 12.3. The number of aromatic nitrogens is 4. The average Bonchev–Trinajstić information content (AvgIpc) is 3.72. The van der Waals surface area contributed by atoms with Crippen LogP contribution >= 0.6 is 0 Å². The maximum atomic E-state index is 14.1. The summed E-state index contributed by atoms with van der Waals surface area (Å²) in [7, 11) is 2.02. The molecule has 0 aliphatic rings. The number of hydrogen-bond acceptors (Lipinski definition) is 6. The fourth-order valence-corrected chi connectivity index (χ4v) is 6.45. The predicted octanol–water partition coefficient (Wildman–Crippen LogP) is 7.49. The molecule has 0 fully saturated rings. The molecule has 0 bridgehead atoms. The van der Waals surface area contributed by atoms with E-state index in [4.69, 9.17) is 6.57 Å². The summed E-state index contributed by atoms with van der Waals surface area (Å²) in [6.07, 6.45) is -3.14. The molecule has 1 N–H and O–H groups in total. The van der Waals surface area contributed by atoms with E-state index in [2.05, 4.69) is 36.4 Å². The first-order chi connectivity index (χ1) is 26.3. The van der Waals surface area contributed by atoms with Gasteiger partial charge in [0.05, 0.1) is 73.2 Å². The molecule has 2 heterocycles. The van der Waals surface area contributed by atoms with Crippen LogP contribution in [0.25, 0.3) is 27.6 Å². The Hall–Kier alpha value is -6.28. The minimum absolute atomic E-state index is 0.0431. The van der Waals surface area contributed by atoms with Gasteiger partial charge in [0.2, 0.25) is 0 Å². The number of halogens is 3. The molecule has 4 aromatic carbocycles. The zero-order chi connectivity index (χ0) is 41.0. The van der Waals surface area contributed by atoms with Gasteiger partial charge in [-0.2, -0.15) is 18.3 Å². The van der Waals surface area contributed by atoms with Crippen LogP contribution in [0.4, 0.5) is 23.7 Å². The van der Waals surface area contributed by atoms with Crippen LogP contribution in [-0.2, 0) is 22.8 Å². The van der Waals surface area contributed by atoms with Crippen LogP contribution in [0.3, 0.4) is 0 Å². The van der Waals surface area contributed by atoms with Crippen LogP contribution in [-0.4, -0.2) is 63.5 Å². The van der Waals surface area contributed by atoms with Gasteiger partial charge in [-0.05, 0) is 67.9 Å². The molecule has 1 atom stereocenters. The molecular formula is C40H38F3N7O5S. The van der Waals surface area contributed by atoms with Gasteiger partial charge in [-0.15, -0.1) is 0 Å². The molecule has 6 rings (SSSR count). The maximum absolute atomic E-state index is 14.1. The second-order valence-electron chi connectivity index (χ2n) is 13.8. The highest BCUT2D eigenvalue weighted by Gasteiger charge is 2.32. The van der Waals surface area contributed by atoms with E-state index in [0.717, 1.165) is 43.4 Å². The van der Waals surface area contributed by atoms with Gasteiger partial charge in [-0.3, -0.25) is 4.57 Å². The molecule has 16 heteroatoms. The lowest BCUT2D eigenvalue weighted by Crippen LogP contribution is -2.38. The third kappa shape index (κ3) is 9.50. The molecule has 0 aliphatic heterocycles. The van der Waals surface area contributed by atoms with Gasteiger partial charge in [0.15, 0.2) is 5.69 Å². The number of hydrogen-bond donors (Lipinski definition) is 1. The van der Waals surface area contributed by atoms with E-state index in [1.165, 1.54) is 47.3 Å². The van der Waals surface area contributed by atoms with Crippen molar-refractivity contribution >= 4 is 21.8 Å². The van der Waals surface area contributed by atoms with Gasteiger partial charge in [0.1, 0.15) is 22.4 Å². The maximum Gasteiger partial charge on any atom is 0.416 e. The van der Waals surface area contributed by atoms with Gasteiger partial charge in [-0.1, -0.05) is 60.7 Å². The number of imidazole rings is 1. The van der Waals surface area contributed by atoms with E-state index in [0.29, 0.717) is 17.1 Å². The lowest BCUT2D eigenvalue weighted by atomic mass is 10.1. The highest BCUT2D eigenvalue weighted by Crippen LogP contribution is 2.32. The minimum atomic E-state index is -4.64. The van der Waals surface area contributed by atoms with Crippen molar-refractivity contribution in [2.45, 2.75) is 37.5 Å². The summed E-state index contributed by atoms with van der Waals surface area (Å²) in [5.74, 6) is 0. The number of amides is 1. The van der Waals surface area contributed by atoms with Crippen molar-refractivity contribution in [3.8, 4) is 22.8 Å². The second-order valence-corrected chi connectivity index (χ2v) is 15.2. The number of nitrogens with zero attached hydrogens (tertiary/aromatic N) is 6. The Bertz CT molecular complexity index is 2550. The van der Waals surface area contributed by atoms with E-state index in [-0.39, 0.29) is 22.0 Å². The number of carbonyl (C=O) groups is 1. The van der Waals surface area contributed by atoms with Crippen molar-refractivity contribution in [2.75, 3.05) is 21.1 Å². The predicted molar refractivity (Wildman–Crippen MR) is 204 cm³/mol. The average molecular weight is 786 g/mol. The first kappa shape index (κ1) is 40.9. The minimum Gasteiger partial charge on any atom is -0.744 e. The Kier molecular flexibility index (Phi) is 11.8. The van der Waals surface area contributed by atoms with E-state index in [1.54, 1.807) is 50.2 Å². The molecule has 0 aliphatic carbocycles. The van der Waals surface area contributed by atoms with Crippen molar-refractivity contribution < 1.29 is 35.4 Å². The fourth-order valence-electron chi connectivity index (χ4n) is 5.96. The van der Waals surface area contributed by atoms with Crippen molar-refractivity contribution in [1.29, 1.82) is 0 Å². The molecular weight excluding hydrogens is 748 g/mol. The van der Waals surface area contributed by atoms with E-state index >= 15 is 0 Å². The summed E-state index contributed by atoms with van der Waals surface area (Å²) in [6.45, 7) is 11.4. The van der Waals surface area contributed by atoms with E-state index in [9.17, 15) is 35.7 Å². The Balaban J connectivity index is 0.000000522. The van der Waals surface area contributed by atoms with Crippen molar-refractivity contribution in [3.63, 3.8) is 0 Å². The first-order valence-corrected chi connectivity index (χ1v) is 18.4. The zero-order valence-electron chi connectivity index (χ0n) is 31.0.